The Morgan fingerprint density at radius 1 is 0.977 bits per heavy atom. The molecule has 7 nitrogen and oxygen atoms in total. The van der Waals surface area contributed by atoms with Crippen molar-refractivity contribution in [3.63, 3.8) is 0 Å². The summed E-state index contributed by atoms with van der Waals surface area (Å²) in [5.41, 5.74) is 0.939. The lowest BCUT2D eigenvalue weighted by molar-refractivity contribution is -0.137. The Kier molecular flexibility index (Phi) is 7.59. The van der Waals surface area contributed by atoms with Gasteiger partial charge in [0.15, 0.2) is 0 Å². The number of thioether (sulfide) groups is 1. The maximum atomic E-state index is 13.9. The molecule has 0 spiro atoms. The van der Waals surface area contributed by atoms with Gasteiger partial charge in [-0.2, -0.15) is 13.2 Å². The van der Waals surface area contributed by atoms with Crippen molar-refractivity contribution in [2.45, 2.75) is 35.8 Å². The summed E-state index contributed by atoms with van der Waals surface area (Å²) in [7, 11) is 0. The molecule has 1 aromatic heterocycles. The highest BCUT2D eigenvalue weighted by Gasteiger charge is 2.57. The van der Waals surface area contributed by atoms with Gasteiger partial charge >= 0.3 is 11.0 Å². The zero-order valence-electron chi connectivity index (χ0n) is 22.2. The molecule has 13 heteroatoms. The maximum absolute atomic E-state index is 13.9. The highest BCUT2D eigenvalue weighted by atomic mass is 79.9. The van der Waals surface area contributed by atoms with Crippen LogP contribution < -0.4 is 15.1 Å². The summed E-state index contributed by atoms with van der Waals surface area (Å²) in [5, 5.41) is 2.17. The van der Waals surface area contributed by atoms with Crippen molar-refractivity contribution < 1.29 is 27.6 Å². The molecule has 43 heavy (non-hydrogen) atoms. The summed E-state index contributed by atoms with van der Waals surface area (Å²) < 4.78 is 42.5. The first-order valence-corrected chi connectivity index (χ1v) is 15.5. The van der Waals surface area contributed by atoms with E-state index in [4.69, 9.17) is 0 Å². The first kappa shape index (κ1) is 29.4. The van der Waals surface area contributed by atoms with Gasteiger partial charge in [-0.3, -0.25) is 23.7 Å². The number of rotatable bonds is 5. The zero-order chi connectivity index (χ0) is 30.6. The molecule has 0 saturated carbocycles. The van der Waals surface area contributed by atoms with E-state index in [0.717, 1.165) is 56.2 Å². The Balaban J connectivity index is 1.41. The third-order valence-corrected chi connectivity index (χ3v) is 10.6. The van der Waals surface area contributed by atoms with Gasteiger partial charge in [0.1, 0.15) is 11.8 Å². The smallest absolute Gasteiger partial charge is 0.324 e. The summed E-state index contributed by atoms with van der Waals surface area (Å²) in [6, 6.07) is 18.4. The highest BCUT2D eigenvalue weighted by Crippen LogP contribution is 2.54. The SMILES string of the molecule is Cc1ccccc1NC(=O)Cn1c2c(sc1=O)C(c1ccc(Br)cc1)C1C(=O)N(c3cccc(C(F)(F)F)c3)C(=O)C1S2. The van der Waals surface area contributed by atoms with Crippen LogP contribution in [0.5, 0.6) is 0 Å². The van der Waals surface area contributed by atoms with Gasteiger partial charge in [0, 0.05) is 21.0 Å². The van der Waals surface area contributed by atoms with Crippen LogP contribution in [-0.2, 0) is 27.1 Å². The molecule has 4 aromatic rings. The standard InChI is InChI=1S/C30H21BrF3N3O4S2/c1-15-5-2-3-8-20(15)35-21(38)14-36-28-25(43-29(36)41)22(16-9-11-18(31)12-10-16)23-24(42-28)27(40)37(26(23)39)19-7-4-6-17(13-19)30(32,33)34/h2-13,22-24H,14H2,1H3,(H,35,38). The Labute approximate surface area is 259 Å². The van der Waals surface area contributed by atoms with Crippen LogP contribution >= 0.6 is 39.0 Å². The van der Waals surface area contributed by atoms with Crippen molar-refractivity contribution >= 4 is 68.1 Å². The highest BCUT2D eigenvalue weighted by molar-refractivity contribution is 9.10. The van der Waals surface area contributed by atoms with Crippen LogP contribution in [0.3, 0.4) is 0 Å². The minimum Gasteiger partial charge on any atom is -0.324 e. The quantitative estimate of drug-likeness (QED) is 0.244. The molecule has 1 saturated heterocycles. The summed E-state index contributed by atoms with van der Waals surface area (Å²) in [4.78, 5) is 55.0. The Bertz CT molecular complexity index is 1840. The van der Waals surface area contributed by atoms with Gasteiger partial charge < -0.3 is 5.32 Å². The molecule has 3 heterocycles. The van der Waals surface area contributed by atoms with E-state index in [9.17, 15) is 32.3 Å². The predicted molar refractivity (Wildman–Crippen MR) is 161 cm³/mol. The molecule has 1 fully saturated rings. The van der Waals surface area contributed by atoms with Crippen molar-refractivity contribution in [2.24, 2.45) is 5.92 Å². The van der Waals surface area contributed by atoms with Crippen molar-refractivity contribution in [2.75, 3.05) is 10.2 Å². The lowest BCUT2D eigenvalue weighted by Crippen LogP contribution is -2.33. The van der Waals surface area contributed by atoms with E-state index in [1.807, 2.05) is 19.1 Å². The zero-order valence-corrected chi connectivity index (χ0v) is 25.4. The average Bonchev–Trinajstić information content (AvgIpc) is 3.40. The van der Waals surface area contributed by atoms with E-state index in [1.165, 1.54) is 10.6 Å². The number of anilines is 2. The largest absolute Gasteiger partial charge is 0.416 e. The average molecular weight is 689 g/mol. The van der Waals surface area contributed by atoms with Crippen LogP contribution in [0.25, 0.3) is 0 Å². The van der Waals surface area contributed by atoms with Crippen molar-refractivity contribution in [1.29, 1.82) is 0 Å². The number of para-hydroxylation sites is 1. The van der Waals surface area contributed by atoms with Crippen LogP contribution in [0.4, 0.5) is 24.5 Å². The number of amides is 3. The number of nitrogens with one attached hydrogen (secondary N) is 1. The van der Waals surface area contributed by atoms with E-state index in [-0.39, 0.29) is 12.2 Å². The fourth-order valence-corrected chi connectivity index (χ4v) is 8.44. The van der Waals surface area contributed by atoms with Gasteiger partial charge in [-0.15, -0.1) is 0 Å². The van der Waals surface area contributed by atoms with E-state index in [2.05, 4.69) is 21.2 Å². The van der Waals surface area contributed by atoms with Gasteiger partial charge in [-0.1, -0.05) is 75.4 Å². The van der Waals surface area contributed by atoms with Crippen LogP contribution in [0.15, 0.2) is 87.1 Å². The molecule has 0 aliphatic carbocycles. The number of halogens is 4. The van der Waals surface area contributed by atoms with Crippen molar-refractivity contribution in [1.82, 2.24) is 4.57 Å². The van der Waals surface area contributed by atoms with Crippen LogP contribution in [0.1, 0.15) is 27.5 Å². The third-order valence-electron chi connectivity index (χ3n) is 7.43. The van der Waals surface area contributed by atoms with Gasteiger partial charge in [0.25, 0.3) is 0 Å². The van der Waals surface area contributed by atoms with E-state index in [1.54, 1.807) is 36.4 Å². The third kappa shape index (κ3) is 5.34. The molecular weight excluding hydrogens is 667 g/mol. The fraction of sp³-hybridized carbons (Fsp3) is 0.200. The number of thiazole rings is 1. The first-order chi connectivity index (χ1) is 20.4. The monoisotopic (exact) mass is 687 g/mol. The number of carbonyl (C=O) groups excluding carboxylic acids is 3. The number of alkyl halides is 3. The second-order valence-corrected chi connectivity index (χ2v) is 13.2. The summed E-state index contributed by atoms with van der Waals surface area (Å²) >= 11 is 5.29. The maximum Gasteiger partial charge on any atom is 0.416 e. The van der Waals surface area contributed by atoms with Gasteiger partial charge in [-0.05, 0) is 54.4 Å². The van der Waals surface area contributed by atoms with Gasteiger partial charge in [-0.25, -0.2) is 4.90 Å². The number of fused-ring (bicyclic) bond motifs is 2. The number of hydrogen-bond donors (Lipinski definition) is 1. The number of benzene rings is 3. The topological polar surface area (TPSA) is 88.5 Å². The van der Waals surface area contributed by atoms with E-state index in [0.29, 0.717) is 21.2 Å². The van der Waals surface area contributed by atoms with E-state index < -0.39 is 51.4 Å². The molecule has 6 rings (SSSR count). The molecule has 3 aromatic carbocycles. The predicted octanol–water partition coefficient (Wildman–Crippen LogP) is 6.43. The lowest BCUT2D eigenvalue weighted by Gasteiger charge is -2.30. The molecule has 1 N–H and O–H groups in total. The lowest BCUT2D eigenvalue weighted by atomic mass is 9.83. The van der Waals surface area contributed by atoms with E-state index >= 15 is 0 Å². The number of hydrogen-bond acceptors (Lipinski definition) is 6. The Hall–Kier alpha value is -3.68. The van der Waals surface area contributed by atoms with Crippen molar-refractivity contribution in [3.05, 3.63) is 109 Å². The van der Waals surface area contributed by atoms with Crippen molar-refractivity contribution in [3.8, 4) is 0 Å². The number of nitrogens with zero attached hydrogens (tertiary/aromatic N) is 2. The molecule has 3 unspecified atom stereocenters. The van der Waals surface area contributed by atoms with Gasteiger partial charge in [0.2, 0.25) is 17.7 Å². The van der Waals surface area contributed by atoms with Gasteiger partial charge in [0.05, 0.1) is 22.2 Å². The molecule has 3 amide bonds. The number of carbonyl (C=O) groups is 3. The minimum absolute atomic E-state index is 0.173. The molecule has 2 aliphatic heterocycles. The molecule has 3 atom stereocenters. The summed E-state index contributed by atoms with van der Waals surface area (Å²) in [6.45, 7) is 1.52. The van der Waals surface area contributed by atoms with Crippen LogP contribution in [-0.4, -0.2) is 27.5 Å². The van der Waals surface area contributed by atoms with Crippen LogP contribution in [0.2, 0.25) is 0 Å². The molecule has 0 bridgehead atoms. The van der Waals surface area contributed by atoms with Crippen LogP contribution in [0, 0.1) is 12.8 Å². The molecular formula is C30H21BrF3N3O4S2. The molecule has 0 radical (unpaired) electrons. The summed E-state index contributed by atoms with van der Waals surface area (Å²) in [5.74, 6) is -3.49. The normalized spacial score (nSPS) is 19.7. The number of aryl methyl sites for hydroxylation is 1. The minimum atomic E-state index is -4.66. The number of aromatic nitrogens is 1. The Morgan fingerprint density at radius 2 is 1.70 bits per heavy atom. The second-order valence-electron chi connectivity index (χ2n) is 10.1. The molecule has 220 valence electrons. The Morgan fingerprint density at radius 3 is 2.40 bits per heavy atom. The fourth-order valence-electron chi connectivity index (χ4n) is 5.41. The second kappa shape index (κ2) is 11.1. The first-order valence-electron chi connectivity index (χ1n) is 13.0. The molecule has 2 aliphatic rings. The summed E-state index contributed by atoms with van der Waals surface area (Å²) in [6.07, 6.45) is -4.66. The number of imide groups is 1.